The lowest BCUT2D eigenvalue weighted by Crippen LogP contribution is -2.13. The normalized spacial score (nSPS) is 10.1. The molecule has 0 aliphatic rings. The van der Waals surface area contributed by atoms with Gasteiger partial charge in [-0.15, -0.1) is 0 Å². The third kappa shape index (κ3) is 3.34. The standard InChI is InChI=1S/C9H16N4O2/c1-3-14-4-5-15-9-7(2)8(13-10)11-6-12-9/h6H,3-5,10H2,1-2H3,(H,11,12,13). The first-order valence-corrected chi connectivity index (χ1v) is 4.78. The van der Waals surface area contributed by atoms with E-state index in [0.717, 1.165) is 5.56 Å². The second kappa shape index (κ2) is 6.15. The summed E-state index contributed by atoms with van der Waals surface area (Å²) in [5, 5.41) is 0. The predicted octanol–water partition coefficient (Wildman–Crippen LogP) is 0.486. The average molecular weight is 212 g/mol. The van der Waals surface area contributed by atoms with Gasteiger partial charge in [0.25, 0.3) is 0 Å². The number of ether oxygens (including phenoxy) is 2. The smallest absolute Gasteiger partial charge is 0.221 e. The molecule has 0 aliphatic heterocycles. The van der Waals surface area contributed by atoms with Gasteiger partial charge in [0.1, 0.15) is 18.8 Å². The summed E-state index contributed by atoms with van der Waals surface area (Å²) < 4.78 is 10.6. The van der Waals surface area contributed by atoms with Crippen molar-refractivity contribution in [2.45, 2.75) is 13.8 Å². The maximum atomic E-state index is 5.41. The van der Waals surface area contributed by atoms with Crippen LogP contribution in [0.5, 0.6) is 5.88 Å². The Kier molecular flexibility index (Phi) is 4.79. The Labute approximate surface area is 88.8 Å². The van der Waals surface area contributed by atoms with Gasteiger partial charge in [-0.25, -0.2) is 15.8 Å². The molecule has 1 aromatic rings. The fourth-order valence-electron chi connectivity index (χ4n) is 1.07. The first kappa shape index (κ1) is 11.7. The molecule has 0 aromatic carbocycles. The van der Waals surface area contributed by atoms with Crippen LogP contribution >= 0.6 is 0 Å². The molecule has 1 aromatic heterocycles. The monoisotopic (exact) mass is 212 g/mol. The van der Waals surface area contributed by atoms with Crippen LogP contribution in [0.3, 0.4) is 0 Å². The molecule has 0 amide bonds. The molecule has 0 atom stereocenters. The lowest BCUT2D eigenvalue weighted by molar-refractivity contribution is 0.108. The number of nitrogen functional groups attached to an aromatic ring is 1. The van der Waals surface area contributed by atoms with Crippen LogP contribution in [0.1, 0.15) is 12.5 Å². The van der Waals surface area contributed by atoms with Crippen molar-refractivity contribution in [3.63, 3.8) is 0 Å². The van der Waals surface area contributed by atoms with Crippen LogP contribution < -0.4 is 16.0 Å². The summed E-state index contributed by atoms with van der Waals surface area (Å²) in [6, 6.07) is 0. The average Bonchev–Trinajstić information content (AvgIpc) is 2.26. The van der Waals surface area contributed by atoms with Gasteiger partial charge in [-0.3, -0.25) is 0 Å². The summed E-state index contributed by atoms with van der Waals surface area (Å²) in [7, 11) is 0. The van der Waals surface area contributed by atoms with E-state index < -0.39 is 0 Å². The van der Waals surface area contributed by atoms with Crippen molar-refractivity contribution in [3.05, 3.63) is 11.9 Å². The Balaban J connectivity index is 2.53. The number of anilines is 1. The minimum atomic E-state index is 0.468. The van der Waals surface area contributed by atoms with Gasteiger partial charge >= 0.3 is 0 Å². The zero-order valence-corrected chi connectivity index (χ0v) is 8.99. The van der Waals surface area contributed by atoms with Gasteiger partial charge in [-0.2, -0.15) is 0 Å². The number of hydrogen-bond donors (Lipinski definition) is 2. The van der Waals surface area contributed by atoms with Crippen molar-refractivity contribution in [1.82, 2.24) is 9.97 Å². The molecule has 0 saturated heterocycles. The van der Waals surface area contributed by atoms with Crippen LogP contribution in [-0.2, 0) is 4.74 Å². The molecule has 6 nitrogen and oxygen atoms in total. The van der Waals surface area contributed by atoms with Gasteiger partial charge in [0.05, 0.1) is 12.2 Å². The molecule has 0 unspecified atom stereocenters. The molecule has 0 fully saturated rings. The second-order valence-electron chi connectivity index (χ2n) is 2.84. The highest BCUT2D eigenvalue weighted by Crippen LogP contribution is 2.18. The summed E-state index contributed by atoms with van der Waals surface area (Å²) >= 11 is 0. The van der Waals surface area contributed by atoms with Crippen LogP contribution in [0.15, 0.2) is 6.33 Å². The largest absolute Gasteiger partial charge is 0.475 e. The lowest BCUT2D eigenvalue weighted by atomic mass is 10.3. The molecule has 84 valence electrons. The van der Waals surface area contributed by atoms with E-state index in [9.17, 15) is 0 Å². The third-order valence-corrected chi connectivity index (χ3v) is 1.85. The molecular weight excluding hydrogens is 196 g/mol. The minimum absolute atomic E-state index is 0.468. The van der Waals surface area contributed by atoms with Crippen LogP contribution in [-0.4, -0.2) is 29.8 Å². The van der Waals surface area contributed by atoms with E-state index >= 15 is 0 Å². The van der Waals surface area contributed by atoms with Crippen LogP contribution in [0.2, 0.25) is 0 Å². The van der Waals surface area contributed by atoms with E-state index in [0.29, 0.717) is 31.5 Å². The van der Waals surface area contributed by atoms with Crippen molar-refractivity contribution >= 4 is 5.82 Å². The molecule has 0 radical (unpaired) electrons. The number of rotatable bonds is 6. The van der Waals surface area contributed by atoms with Crippen molar-refractivity contribution in [3.8, 4) is 5.88 Å². The molecule has 0 saturated carbocycles. The van der Waals surface area contributed by atoms with E-state index in [2.05, 4.69) is 15.4 Å². The van der Waals surface area contributed by atoms with Crippen molar-refractivity contribution < 1.29 is 9.47 Å². The van der Waals surface area contributed by atoms with E-state index in [1.807, 2.05) is 13.8 Å². The molecule has 1 rings (SSSR count). The summed E-state index contributed by atoms with van der Waals surface area (Å²) in [5.41, 5.74) is 3.26. The molecule has 0 bridgehead atoms. The van der Waals surface area contributed by atoms with Crippen LogP contribution in [0, 0.1) is 6.92 Å². The van der Waals surface area contributed by atoms with Gasteiger partial charge in [0.2, 0.25) is 5.88 Å². The van der Waals surface area contributed by atoms with Crippen LogP contribution in [0.25, 0.3) is 0 Å². The quantitative estimate of drug-likeness (QED) is 0.405. The van der Waals surface area contributed by atoms with E-state index in [1.165, 1.54) is 6.33 Å². The minimum Gasteiger partial charge on any atom is -0.475 e. The van der Waals surface area contributed by atoms with Crippen molar-refractivity contribution in [1.29, 1.82) is 0 Å². The number of hydrazine groups is 1. The number of aromatic nitrogens is 2. The predicted molar refractivity (Wildman–Crippen MR) is 56.6 cm³/mol. The topological polar surface area (TPSA) is 82.3 Å². The highest BCUT2D eigenvalue weighted by molar-refractivity contribution is 5.46. The molecule has 15 heavy (non-hydrogen) atoms. The van der Waals surface area contributed by atoms with Crippen LogP contribution in [0.4, 0.5) is 5.82 Å². The Morgan fingerprint density at radius 1 is 1.40 bits per heavy atom. The lowest BCUT2D eigenvalue weighted by Gasteiger charge is -2.09. The molecular formula is C9H16N4O2. The Morgan fingerprint density at radius 3 is 2.87 bits per heavy atom. The summed E-state index contributed by atoms with van der Waals surface area (Å²) in [5.74, 6) is 6.37. The second-order valence-corrected chi connectivity index (χ2v) is 2.84. The van der Waals surface area contributed by atoms with Gasteiger partial charge < -0.3 is 14.9 Å². The molecule has 1 heterocycles. The number of nitrogens with two attached hydrogens (primary N) is 1. The van der Waals surface area contributed by atoms with Gasteiger partial charge in [-0.05, 0) is 13.8 Å². The van der Waals surface area contributed by atoms with E-state index in [-0.39, 0.29) is 0 Å². The van der Waals surface area contributed by atoms with Gasteiger partial charge in [0, 0.05) is 6.61 Å². The van der Waals surface area contributed by atoms with Gasteiger partial charge in [0.15, 0.2) is 0 Å². The molecule has 6 heteroatoms. The first-order valence-electron chi connectivity index (χ1n) is 4.78. The number of nitrogens with one attached hydrogen (secondary N) is 1. The Morgan fingerprint density at radius 2 is 2.20 bits per heavy atom. The number of nitrogens with zero attached hydrogens (tertiary/aromatic N) is 2. The van der Waals surface area contributed by atoms with Crippen molar-refractivity contribution in [2.24, 2.45) is 5.84 Å². The Hall–Kier alpha value is -1.40. The maximum absolute atomic E-state index is 5.41. The zero-order valence-electron chi connectivity index (χ0n) is 8.99. The van der Waals surface area contributed by atoms with Crippen molar-refractivity contribution in [2.75, 3.05) is 25.2 Å². The molecule has 0 spiro atoms. The van der Waals surface area contributed by atoms with E-state index in [1.54, 1.807) is 0 Å². The third-order valence-electron chi connectivity index (χ3n) is 1.85. The summed E-state index contributed by atoms with van der Waals surface area (Å²) in [6.45, 7) is 5.47. The fourth-order valence-corrected chi connectivity index (χ4v) is 1.07. The fraction of sp³-hybridized carbons (Fsp3) is 0.556. The molecule has 0 aliphatic carbocycles. The molecule has 3 N–H and O–H groups in total. The highest BCUT2D eigenvalue weighted by Gasteiger charge is 2.06. The van der Waals surface area contributed by atoms with E-state index in [4.69, 9.17) is 15.3 Å². The SMILES string of the molecule is CCOCCOc1ncnc(NN)c1C. The summed E-state index contributed by atoms with van der Waals surface area (Å²) in [6.07, 6.45) is 1.40. The maximum Gasteiger partial charge on any atom is 0.221 e. The zero-order chi connectivity index (χ0) is 11.1. The highest BCUT2D eigenvalue weighted by atomic mass is 16.5. The summed E-state index contributed by atoms with van der Waals surface area (Å²) in [4.78, 5) is 7.94. The van der Waals surface area contributed by atoms with Gasteiger partial charge in [-0.1, -0.05) is 0 Å². The number of hydrogen-bond acceptors (Lipinski definition) is 6. The Bertz CT molecular complexity index is 306. The first-order chi connectivity index (χ1) is 7.29.